The normalized spacial score (nSPS) is 38.2. The van der Waals surface area contributed by atoms with Crippen LogP contribution in [0.3, 0.4) is 0 Å². The van der Waals surface area contributed by atoms with Gasteiger partial charge in [-0.1, -0.05) is 32.9 Å². The molecule has 0 radical (unpaired) electrons. The average molecular weight is 459 g/mol. The lowest BCUT2D eigenvalue weighted by Gasteiger charge is -2.48. The minimum Gasteiger partial charge on any atom is -0.394 e. The summed E-state index contributed by atoms with van der Waals surface area (Å²) in [7, 11) is 1.46. The van der Waals surface area contributed by atoms with E-state index in [2.05, 4.69) is 6.58 Å². The second kappa shape index (κ2) is 10.6. The smallest absolute Gasteiger partial charge is 0.166 e. The molecule has 2 aliphatic rings. The fourth-order valence-corrected chi connectivity index (χ4v) is 4.79. The van der Waals surface area contributed by atoms with Crippen LogP contribution in [0.15, 0.2) is 12.2 Å². The monoisotopic (exact) mass is 458 g/mol. The molecule has 2 saturated heterocycles. The van der Waals surface area contributed by atoms with Gasteiger partial charge in [0.05, 0.1) is 43.2 Å². The van der Waals surface area contributed by atoms with E-state index in [1.54, 1.807) is 6.92 Å². The highest BCUT2D eigenvalue weighted by atomic mass is 16.5. The second-order valence-electron chi connectivity index (χ2n) is 10.4. The fraction of sp³-hybridized carbons (Fsp3) is 0.875. The molecule has 32 heavy (non-hydrogen) atoms. The molecule has 0 amide bonds. The number of hydrogen-bond acceptors (Lipinski definition) is 8. The minimum atomic E-state index is -1.36. The molecule has 2 rings (SSSR count). The first-order chi connectivity index (χ1) is 14.8. The van der Waals surface area contributed by atoms with Crippen molar-refractivity contribution in [2.75, 3.05) is 13.7 Å². The van der Waals surface area contributed by atoms with Gasteiger partial charge in [0.2, 0.25) is 0 Å². The number of hydrogen-bond donors (Lipinski definition) is 4. The summed E-state index contributed by atoms with van der Waals surface area (Å²) in [6.07, 6.45) is -4.42. The zero-order valence-electron chi connectivity index (χ0n) is 20.3. The maximum atomic E-state index is 13.0. The maximum Gasteiger partial charge on any atom is 0.166 e. The Morgan fingerprint density at radius 2 is 1.91 bits per heavy atom. The van der Waals surface area contributed by atoms with Gasteiger partial charge in [-0.2, -0.15) is 0 Å². The molecule has 0 aliphatic carbocycles. The van der Waals surface area contributed by atoms with Gasteiger partial charge in [-0.3, -0.25) is 4.79 Å². The van der Waals surface area contributed by atoms with E-state index in [0.29, 0.717) is 6.42 Å². The van der Waals surface area contributed by atoms with E-state index < -0.39 is 60.0 Å². The molecule has 8 nitrogen and oxygen atoms in total. The highest BCUT2D eigenvalue weighted by Crippen LogP contribution is 2.41. The van der Waals surface area contributed by atoms with Gasteiger partial charge in [0, 0.05) is 44.1 Å². The van der Waals surface area contributed by atoms with Crippen LogP contribution < -0.4 is 0 Å². The number of ketones is 1. The molecule has 186 valence electrons. The van der Waals surface area contributed by atoms with Gasteiger partial charge in [0.1, 0.15) is 11.7 Å². The van der Waals surface area contributed by atoms with Gasteiger partial charge in [-0.25, -0.2) is 0 Å². The van der Waals surface area contributed by atoms with Crippen LogP contribution in [0.1, 0.15) is 60.3 Å². The molecule has 2 aliphatic heterocycles. The quantitative estimate of drug-likeness (QED) is 0.382. The number of methoxy groups -OCH3 is 1. The molecule has 1 unspecified atom stereocenters. The van der Waals surface area contributed by atoms with E-state index in [1.807, 2.05) is 27.7 Å². The van der Waals surface area contributed by atoms with Crippen molar-refractivity contribution >= 4 is 5.78 Å². The van der Waals surface area contributed by atoms with Crippen LogP contribution in [0.5, 0.6) is 0 Å². The molecule has 0 aromatic carbocycles. The van der Waals surface area contributed by atoms with E-state index in [0.717, 1.165) is 5.57 Å². The lowest BCUT2D eigenvalue weighted by atomic mass is 9.73. The molecule has 0 bridgehead atoms. The van der Waals surface area contributed by atoms with Gasteiger partial charge < -0.3 is 34.6 Å². The minimum absolute atomic E-state index is 0.111. The number of carbonyl (C=O) groups is 1. The third-order valence-corrected chi connectivity index (χ3v) is 7.56. The van der Waals surface area contributed by atoms with Crippen LogP contribution in [0.4, 0.5) is 0 Å². The number of ether oxygens (including phenoxy) is 3. The molecule has 0 aromatic heterocycles. The summed E-state index contributed by atoms with van der Waals surface area (Å²) in [5.74, 6) is -0.285. The van der Waals surface area contributed by atoms with E-state index in [4.69, 9.17) is 14.2 Å². The highest BCUT2D eigenvalue weighted by Gasteiger charge is 2.49. The zero-order valence-corrected chi connectivity index (χ0v) is 20.3. The SMILES string of the molecule is C=C1C[C@](C)([C@H](O)C(=O)CC(OC)[C@@H]2C[C@@H](O)C(C)(C)[C@@H](C[C@H](O)CO)O2)O[C@H](C)[C@@H]1C. The van der Waals surface area contributed by atoms with E-state index in [1.165, 1.54) is 7.11 Å². The molecule has 2 fully saturated rings. The Bertz CT molecular complexity index is 664. The van der Waals surface area contributed by atoms with Crippen molar-refractivity contribution in [1.82, 2.24) is 0 Å². The summed E-state index contributed by atoms with van der Waals surface area (Å²) >= 11 is 0. The number of Topliss-reactive ketones (excluding diaryl/α,β-unsaturated/α-hetero) is 1. The number of rotatable bonds is 9. The van der Waals surface area contributed by atoms with Gasteiger partial charge in [0.15, 0.2) is 5.78 Å². The van der Waals surface area contributed by atoms with Crippen molar-refractivity contribution in [1.29, 1.82) is 0 Å². The van der Waals surface area contributed by atoms with Gasteiger partial charge in [0.25, 0.3) is 0 Å². The van der Waals surface area contributed by atoms with Crippen molar-refractivity contribution in [3.63, 3.8) is 0 Å². The summed E-state index contributed by atoms with van der Waals surface area (Å²) in [6.45, 7) is 13.0. The standard InChI is InChI=1S/C24H42O8/c1-13-11-24(6,32-15(3)14(13)2)22(29)17(27)9-18(30-7)19-10-20(28)23(4,5)21(31-19)8-16(26)12-25/h14-16,18-22,25-26,28-29H,1,8-12H2,2-7H3/t14-,15-,16+,18?,19+,20-,21-,22-,24-/m1/s1. The predicted molar refractivity (Wildman–Crippen MR) is 119 cm³/mol. The van der Waals surface area contributed by atoms with Crippen LogP contribution in [0.25, 0.3) is 0 Å². The van der Waals surface area contributed by atoms with Crippen molar-refractivity contribution in [3.05, 3.63) is 12.2 Å². The summed E-state index contributed by atoms with van der Waals surface area (Å²) < 4.78 is 17.7. The predicted octanol–water partition coefficient (Wildman–Crippen LogP) is 1.37. The molecular weight excluding hydrogens is 416 g/mol. The topological polar surface area (TPSA) is 126 Å². The van der Waals surface area contributed by atoms with Crippen molar-refractivity contribution < 1.29 is 39.4 Å². The first-order valence-electron chi connectivity index (χ1n) is 11.5. The largest absolute Gasteiger partial charge is 0.394 e. The summed E-state index contributed by atoms with van der Waals surface area (Å²) in [5, 5.41) is 40.8. The molecule has 0 aromatic rings. The van der Waals surface area contributed by atoms with Gasteiger partial charge in [-0.05, 0) is 13.8 Å². The average Bonchev–Trinajstić information content (AvgIpc) is 2.72. The molecular formula is C24H42O8. The lowest BCUT2D eigenvalue weighted by molar-refractivity contribution is -0.213. The van der Waals surface area contributed by atoms with Crippen molar-refractivity contribution in [2.45, 2.75) is 109 Å². The van der Waals surface area contributed by atoms with Crippen LogP contribution in [0.2, 0.25) is 0 Å². The number of aliphatic hydroxyl groups excluding tert-OH is 4. The van der Waals surface area contributed by atoms with Crippen LogP contribution >= 0.6 is 0 Å². The van der Waals surface area contributed by atoms with Gasteiger partial charge >= 0.3 is 0 Å². The van der Waals surface area contributed by atoms with Crippen LogP contribution in [-0.4, -0.2) is 88.3 Å². The highest BCUT2D eigenvalue weighted by molar-refractivity contribution is 5.84. The molecule has 0 saturated carbocycles. The van der Waals surface area contributed by atoms with E-state index >= 15 is 0 Å². The first-order valence-corrected chi connectivity index (χ1v) is 11.5. The summed E-state index contributed by atoms with van der Waals surface area (Å²) in [5.41, 5.74) is -0.778. The zero-order chi connectivity index (χ0) is 24.4. The molecule has 2 heterocycles. The molecule has 8 heteroatoms. The van der Waals surface area contributed by atoms with E-state index in [9.17, 15) is 25.2 Å². The van der Waals surface area contributed by atoms with Crippen molar-refractivity contribution in [2.24, 2.45) is 11.3 Å². The van der Waals surface area contributed by atoms with Crippen molar-refractivity contribution in [3.8, 4) is 0 Å². The molecule has 9 atom stereocenters. The maximum absolute atomic E-state index is 13.0. The Labute approximate surface area is 191 Å². The lowest BCUT2D eigenvalue weighted by Crippen LogP contribution is -2.56. The Morgan fingerprint density at radius 3 is 2.44 bits per heavy atom. The summed E-state index contributed by atoms with van der Waals surface area (Å²) in [6, 6.07) is 0. The van der Waals surface area contributed by atoms with E-state index in [-0.39, 0.29) is 31.3 Å². The molecule has 4 N–H and O–H groups in total. The van der Waals surface area contributed by atoms with Crippen LogP contribution in [-0.2, 0) is 19.0 Å². The Morgan fingerprint density at radius 1 is 1.28 bits per heavy atom. The number of carbonyl (C=O) groups excluding carboxylic acids is 1. The van der Waals surface area contributed by atoms with Crippen LogP contribution in [0, 0.1) is 11.3 Å². The van der Waals surface area contributed by atoms with Gasteiger partial charge in [-0.15, -0.1) is 0 Å². The third kappa shape index (κ3) is 5.78. The third-order valence-electron chi connectivity index (χ3n) is 7.56. The Balaban J connectivity index is 2.11. The summed E-state index contributed by atoms with van der Waals surface area (Å²) in [4.78, 5) is 13.0. The Hall–Kier alpha value is -0.870. The second-order valence-corrected chi connectivity index (χ2v) is 10.4. The number of aliphatic hydroxyl groups is 4. The fourth-order valence-electron chi connectivity index (χ4n) is 4.79. The Kier molecular flexibility index (Phi) is 9.06. The molecule has 0 spiro atoms. The first kappa shape index (κ1) is 27.4.